The van der Waals surface area contributed by atoms with Gasteiger partial charge in [0.2, 0.25) is 0 Å². The van der Waals surface area contributed by atoms with Gasteiger partial charge in [-0.05, 0) is 60.2 Å². The summed E-state index contributed by atoms with van der Waals surface area (Å²) in [5, 5.41) is 0. The number of ether oxygens (including phenoxy) is 1. The number of benzene rings is 1. The Hall–Kier alpha value is -1.37. The maximum absolute atomic E-state index is 5.93. The molecule has 1 heterocycles. The zero-order valence-corrected chi connectivity index (χ0v) is 13.1. The summed E-state index contributed by atoms with van der Waals surface area (Å²) in [5.74, 6) is 2.05. The van der Waals surface area contributed by atoms with Crippen LogP contribution in [0, 0.1) is 3.57 Å². The van der Waals surface area contributed by atoms with Crippen molar-refractivity contribution in [3.8, 4) is 17.1 Å². The van der Waals surface area contributed by atoms with Crippen LogP contribution in [-0.4, -0.2) is 16.6 Å². The highest BCUT2D eigenvalue weighted by Gasteiger charge is 2.10. The maximum atomic E-state index is 5.93. The first kappa shape index (κ1) is 14.0. The summed E-state index contributed by atoms with van der Waals surface area (Å²) in [6.07, 6.45) is 0.842. The Kier molecular flexibility index (Phi) is 4.57. The van der Waals surface area contributed by atoms with Gasteiger partial charge in [-0.2, -0.15) is 0 Å². The molecule has 0 saturated carbocycles. The van der Waals surface area contributed by atoms with Gasteiger partial charge >= 0.3 is 0 Å². The fraction of sp³-hybridized carbons (Fsp3) is 0.286. The number of halogens is 1. The fourth-order valence-electron chi connectivity index (χ4n) is 1.74. The van der Waals surface area contributed by atoms with E-state index in [2.05, 4.69) is 39.5 Å². The summed E-state index contributed by atoms with van der Waals surface area (Å²) in [7, 11) is 0. The van der Waals surface area contributed by atoms with E-state index in [1.54, 1.807) is 0 Å². The van der Waals surface area contributed by atoms with Gasteiger partial charge in [-0.1, -0.05) is 6.92 Å². The number of anilines is 1. The van der Waals surface area contributed by atoms with Crippen molar-refractivity contribution in [1.29, 1.82) is 0 Å². The van der Waals surface area contributed by atoms with E-state index in [-0.39, 0.29) is 0 Å². The van der Waals surface area contributed by atoms with Crippen molar-refractivity contribution in [1.82, 2.24) is 9.97 Å². The number of hydrogen-bond donors (Lipinski definition) is 1. The van der Waals surface area contributed by atoms with Crippen LogP contribution in [0.25, 0.3) is 11.4 Å². The molecule has 5 heteroatoms. The Morgan fingerprint density at radius 3 is 2.42 bits per heavy atom. The third kappa shape index (κ3) is 3.15. The summed E-state index contributed by atoms with van der Waals surface area (Å²) in [5.41, 5.74) is 7.86. The second-order valence-electron chi connectivity index (χ2n) is 4.00. The first-order valence-electron chi connectivity index (χ1n) is 6.20. The van der Waals surface area contributed by atoms with Crippen molar-refractivity contribution in [2.45, 2.75) is 20.3 Å². The van der Waals surface area contributed by atoms with Crippen molar-refractivity contribution >= 4 is 28.4 Å². The summed E-state index contributed by atoms with van der Waals surface area (Å²) in [4.78, 5) is 8.90. The van der Waals surface area contributed by atoms with E-state index >= 15 is 0 Å². The molecule has 2 rings (SSSR count). The fourth-order valence-corrected chi connectivity index (χ4v) is 2.37. The third-order valence-electron chi connectivity index (χ3n) is 2.70. The molecule has 2 N–H and O–H groups in total. The molecule has 0 aliphatic rings. The molecule has 0 radical (unpaired) electrons. The highest BCUT2D eigenvalue weighted by Crippen LogP contribution is 2.24. The van der Waals surface area contributed by atoms with Gasteiger partial charge in [0.1, 0.15) is 11.6 Å². The quantitative estimate of drug-likeness (QED) is 0.841. The van der Waals surface area contributed by atoms with Gasteiger partial charge in [0, 0.05) is 5.56 Å². The first-order valence-corrected chi connectivity index (χ1v) is 7.28. The SMILES string of the molecule is CCOc1ccc(-c2nc(N)c(I)c(CC)n2)cc1. The van der Waals surface area contributed by atoms with Crippen molar-refractivity contribution in [3.63, 3.8) is 0 Å². The van der Waals surface area contributed by atoms with E-state index in [0.717, 1.165) is 27.0 Å². The molecule has 2 aromatic rings. The monoisotopic (exact) mass is 369 g/mol. The topological polar surface area (TPSA) is 61.0 Å². The lowest BCUT2D eigenvalue weighted by molar-refractivity contribution is 0.340. The Morgan fingerprint density at radius 1 is 1.16 bits per heavy atom. The number of aryl methyl sites for hydroxylation is 1. The van der Waals surface area contributed by atoms with Crippen LogP contribution in [0.1, 0.15) is 19.5 Å². The van der Waals surface area contributed by atoms with Gasteiger partial charge in [-0.15, -0.1) is 0 Å². The lowest BCUT2D eigenvalue weighted by Gasteiger charge is -2.08. The van der Waals surface area contributed by atoms with E-state index in [1.807, 2.05) is 31.2 Å². The summed E-state index contributed by atoms with van der Waals surface area (Å²) >= 11 is 2.19. The van der Waals surface area contributed by atoms with Crippen LogP contribution in [0.3, 0.4) is 0 Å². The third-order valence-corrected chi connectivity index (χ3v) is 3.88. The number of nitrogens with zero attached hydrogens (tertiary/aromatic N) is 2. The molecular weight excluding hydrogens is 353 g/mol. The Balaban J connectivity index is 2.38. The van der Waals surface area contributed by atoms with Crippen LogP contribution in [-0.2, 0) is 6.42 Å². The molecule has 0 atom stereocenters. The average molecular weight is 369 g/mol. The minimum atomic E-state index is 0.538. The molecule has 0 bridgehead atoms. The van der Waals surface area contributed by atoms with Crippen LogP contribution < -0.4 is 10.5 Å². The van der Waals surface area contributed by atoms with E-state index in [4.69, 9.17) is 10.5 Å². The second-order valence-corrected chi connectivity index (χ2v) is 5.08. The number of rotatable bonds is 4. The molecule has 4 nitrogen and oxygen atoms in total. The van der Waals surface area contributed by atoms with Crippen molar-refractivity contribution in [3.05, 3.63) is 33.5 Å². The molecule has 19 heavy (non-hydrogen) atoms. The van der Waals surface area contributed by atoms with Crippen LogP contribution in [0.15, 0.2) is 24.3 Å². The highest BCUT2D eigenvalue weighted by molar-refractivity contribution is 14.1. The van der Waals surface area contributed by atoms with Gasteiger partial charge in [0.15, 0.2) is 5.82 Å². The molecule has 100 valence electrons. The van der Waals surface area contributed by atoms with Gasteiger partial charge in [-0.25, -0.2) is 9.97 Å². The maximum Gasteiger partial charge on any atom is 0.161 e. The molecule has 1 aromatic heterocycles. The number of nitrogen functional groups attached to an aromatic ring is 1. The molecule has 0 spiro atoms. The number of nitrogens with two attached hydrogens (primary N) is 1. The normalized spacial score (nSPS) is 10.5. The van der Waals surface area contributed by atoms with Crippen LogP contribution in [0.5, 0.6) is 5.75 Å². The van der Waals surface area contributed by atoms with E-state index < -0.39 is 0 Å². The van der Waals surface area contributed by atoms with Gasteiger partial charge in [-0.3, -0.25) is 0 Å². The first-order chi connectivity index (χ1) is 9.15. The molecule has 0 aliphatic carbocycles. The van der Waals surface area contributed by atoms with E-state index in [9.17, 15) is 0 Å². The predicted octanol–water partition coefficient (Wildman–Crippen LogP) is 3.29. The molecule has 0 amide bonds. The Labute approximate surface area is 126 Å². The lowest BCUT2D eigenvalue weighted by Crippen LogP contribution is -2.04. The van der Waals surface area contributed by atoms with E-state index in [1.165, 1.54) is 0 Å². The zero-order valence-electron chi connectivity index (χ0n) is 11.0. The van der Waals surface area contributed by atoms with E-state index in [0.29, 0.717) is 18.2 Å². The average Bonchev–Trinajstić information content (AvgIpc) is 2.43. The zero-order chi connectivity index (χ0) is 13.8. The summed E-state index contributed by atoms with van der Waals surface area (Å²) < 4.78 is 6.36. The Bertz CT molecular complexity index is 570. The highest BCUT2D eigenvalue weighted by atomic mass is 127. The summed E-state index contributed by atoms with van der Waals surface area (Å²) in [6, 6.07) is 7.74. The Morgan fingerprint density at radius 2 is 1.84 bits per heavy atom. The predicted molar refractivity (Wildman–Crippen MR) is 85.1 cm³/mol. The lowest BCUT2D eigenvalue weighted by atomic mass is 10.2. The molecule has 0 aliphatic heterocycles. The van der Waals surface area contributed by atoms with Crippen LogP contribution >= 0.6 is 22.6 Å². The molecule has 0 fully saturated rings. The van der Waals surface area contributed by atoms with Crippen LogP contribution in [0.2, 0.25) is 0 Å². The molecule has 0 saturated heterocycles. The van der Waals surface area contributed by atoms with Gasteiger partial charge < -0.3 is 10.5 Å². The minimum absolute atomic E-state index is 0.538. The van der Waals surface area contributed by atoms with Crippen molar-refractivity contribution in [2.75, 3.05) is 12.3 Å². The minimum Gasteiger partial charge on any atom is -0.494 e. The van der Waals surface area contributed by atoms with Crippen molar-refractivity contribution in [2.24, 2.45) is 0 Å². The van der Waals surface area contributed by atoms with Crippen molar-refractivity contribution < 1.29 is 4.74 Å². The number of aromatic nitrogens is 2. The summed E-state index contributed by atoms with van der Waals surface area (Å²) in [6.45, 7) is 4.68. The van der Waals surface area contributed by atoms with Gasteiger partial charge in [0.05, 0.1) is 15.9 Å². The van der Waals surface area contributed by atoms with Gasteiger partial charge in [0.25, 0.3) is 0 Å². The molecule has 1 aromatic carbocycles. The van der Waals surface area contributed by atoms with Crippen LogP contribution in [0.4, 0.5) is 5.82 Å². The molecular formula is C14H16IN3O. The standard InChI is InChI=1S/C14H16IN3O/c1-3-11-12(15)13(16)18-14(17-11)9-5-7-10(8-6-9)19-4-2/h5-8H,3-4H2,1-2H3,(H2,16,17,18). The second kappa shape index (κ2) is 6.18. The number of hydrogen-bond acceptors (Lipinski definition) is 4. The smallest absolute Gasteiger partial charge is 0.161 e. The largest absolute Gasteiger partial charge is 0.494 e. The molecule has 0 unspecified atom stereocenters.